The summed E-state index contributed by atoms with van der Waals surface area (Å²) in [6.45, 7) is 0.962. The monoisotopic (exact) mass is 436 g/mol. The normalized spacial score (nSPS) is 21.3. The Bertz CT molecular complexity index is 1080. The molecule has 1 aliphatic heterocycles. The number of hydrogen-bond acceptors (Lipinski definition) is 3. The standard InChI is InChI=1S/C24H28N4O2S/c1-31(30,22-10-6-3-7-11-22)28-18-21(12-13-23(28)20-8-4-2-5-9-20)24(29)25-15-14-19-16-26-27-17-19/h2-11,16-17,21,23H,1,12-15,18H2,(H,25,29)(H,26,27). The molecule has 3 aromatic rings. The van der Waals surface area contributed by atoms with Crippen LogP contribution < -0.4 is 5.32 Å². The summed E-state index contributed by atoms with van der Waals surface area (Å²) < 4.78 is 15.9. The Morgan fingerprint density at radius 1 is 1.13 bits per heavy atom. The van der Waals surface area contributed by atoms with Gasteiger partial charge in [-0.3, -0.25) is 9.89 Å². The topological polar surface area (TPSA) is 78.1 Å². The number of piperidine rings is 1. The van der Waals surface area contributed by atoms with E-state index in [9.17, 15) is 9.00 Å². The molecule has 7 heteroatoms. The van der Waals surface area contributed by atoms with Gasteiger partial charge in [0, 0.05) is 30.2 Å². The highest BCUT2D eigenvalue weighted by Crippen LogP contribution is 2.37. The van der Waals surface area contributed by atoms with E-state index in [4.69, 9.17) is 0 Å². The van der Waals surface area contributed by atoms with Crippen LogP contribution in [-0.2, 0) is 20.9 Å². The number of nitrogens with one attached hydrogen (secondary N) is 2. The summed E-state index contributed by atoms with van der Waals surface area (Å²) in [5.41, 5.74) is 2.16. The minimum atomic E-state index is -2.74. The van der Waals surface area contributed by atoms with Crippen molar-refractivity contribution < 1.29 is 9.00 Å². The number of amides is 1. The molecule has 1 fully saturated rings. The van der Waals surface area contributed by atoms with E-state index < -0.39 is 9.71 Å². The lowest BCUT2D eigenvalue weighted by molar-refractivity contribution is -0.126. The average Bonchev–Trinajstić information content (AvgIpc) is 3.33. The van der Waals surface area contributed by atoms with Crippen LogP contribution >= 0.6 is 0 Å². The molecule has 3 atom stereocenters. The molecule has 0 radical (unpaired) electrons. The van der Waals surface area contributed by atoms with Crippen molar-refractivity contribution in [3.05, 3.63) is 84.2 Å². The number of nitrogens with zero attached hydrogens (tertiary/aromatic N) is 2. The molecule has 1 saturated heterocycles. The Morgan fingerprint density at radius 3 is 2.52 bits per heavy atom. The van der Waals surface area contributed by atoms with Crippen molar-refractivity contribution in [2.45, 2.75) is 30.2 Å². The van der Waals surface area contributed by atoms with Crippen LogP contribution in [0.15, 0.2) is 78.0 Å². The fourth-order valence-electron chi connectivity index (χ4n) is 4.14. The first-order valence-corrected chi connectivity index (χ1v) is 12.2. The number of carbonyl (C=O) groups is 1. The predicted octanol–water partition coefficient (Wildman–Crippen LogP) is 3.21. The fraction of sp³-hybridized carbons (Fsp3) is 0.292. The summed E-state index contributed by atoms with van der Waals surface area (Å²) in [4.78, 5) is 13.6. The van der Waals surface area contributed by atoms with Gasteiger partial charge in [0.25, 0.3) is 0 Å². The third kappa shape index (κ3) is 4.89. The van der Waals surface area contributed by atoms with Crippen LogP contribution in [0, 0.1) is 5.92 Å². The second-order valence-electron chi connectivity index (χ2n) is 7.90. The van der Waals surface area contributed by atoms with Gasteiger partial charge in [0.05, 0.1) is 21.8 Å². The zero-order valence-electron chi connectivity index (χ0n) is 17.4. The van der Waals surface area contributed by atoms with Crippen LogP contribution in [0.1, 0.15) is 30.0 Å². The van der Waals surface area contributed by atoms with Gasteiger partial charge in [0.15, 0.2) is 0 Å². The summed E-state index contributed by atoms with van der Waals surface area (Å²) in [6.07, 6.45) is 5.82. The minimum absolute atomic E-state index is 0.00303. The SMILES string of the molecule is C=S(=O)(c1ccccc1)N1CC(C(=O)NCCc2cn[nH]c2)CCC1c1ccccc1. The van der Waals surface area contributed by atoms with E-state index in [1.165, 1.54) is 0 Å². The quantitative estimate of drug-likeness (QED) is 0.558. The molecule has 2 aromatic carbocycles. The van der Waals surface area contributed by atoms with Crippen molar-refractivity contribution in [2.75, 3.05) is 13.1 Å². The third-order valence-corrected chi connectivity index (χ3v) is 8.02. The number of aromatic amines is 1. The van der Waals surface area contributed by atoms with E-state index in [2.05, 4.69) is 33.5 Å². The van der Waals surface area contributed by atoms with Crippen molar-refractivity contribution in [1.82, 2.24) is 19.8 Å². The Hall–Kier alpha value is -2.90. The zero-order valence-corrected chi connectivity index (χ0v) is 18.3. The summed E-state index contributed by atoms with van der Waals surface area (Å²) >= 11 is 0. The van der Waals surface area contributed by atoms with Gasteiger partial charge in [-0.2, -0.15) is 5.10 Å². The summed E-state index contributed by atoms with van der Waals surface area (Å²) in [7, 11) is -2.74. The van der Waals surface area contributed by atoms with Crippen molar-refractivity contribution in [3.63, 3.8) is 0 Å². The molecule has 31 heavy (non-hydrogen) atoms. The Kier molecular flexibility index (Phi) is 6.53. The first-order valence-electron chi connectivity index (χ1n) is 10.5. The van der Waals surface area contributed by atoms with Gasteiger partial charge < -0.3 is 5.32 Å². The predicted molar refractivity (Wildman–Crippen MR) is 124 cm³/mol. The Balaban J connectivity index is 1.52. The van der Waals surface area contributed by atoms with E-state index in [0.717, 1.165) is 30.4 Å². The maximum absolute atomic E-state index is 13.9. The number of rotatable bonds is 7. The van der Waals surface area contributed by atoms with Crippen molar-refractivity contribution in [1.29, 1.82) is 0 Å². The van der Waals surface area contributed by atoms with E-state index in [-0.39, 0.29) is 17.9 Å². The van der Waals surface area contributed by atoms with E-state index in [1.807, 2.05) is 59.0 Å². The van der Waals surface area contributed by atoms with Crippen LogP contribution in [0.25, 0.3) is 0 Å². The molecule has 162 valence electrons. The van der Waals surface area contributed by atoms with Crippen molar-refractivity contribution in [2.24, 2.45) is 5.92 Å². The highest BCUT2D eigenvalue weighted by Gasteiger charge is 2.37. The number of carbonyl (C=O) groups excluding carboxylic acids is 1. The molecule has 2 N–H and O–H groups in total. The second-order valence-corrected chi connectivity index (χ2v) is 10.1. The lowest BCUT2D eigenvalue weighted by Gasteiger charge is -2.41. The molecule has 3 unspecified atom stereocenters. The number of benzene rings is 2. The maximum Gasteiger partial charge on any atom is 0.224 e. The molecule has 0 spiro atoms. The second kappa shape index (κ2) is 9.49. The van der Waals surface area contributed by atoms with Gasteiger partial charge >= 0.3 is 0 Å². The highest BCUT2D eigenvalue weighted by molar-refractivity contribution is 7.98. The number of hydrogen-bond donors (Lipinski definition) is 2. The van der Waals surface area contributed by atoms with Gasteiger partial charge in [-0.1, -0.05) is 48.5 Å². The largest absolute Gasteiger partial charge is 0.355 e. The fourth-order valence-corrected chi connectivity index (χ4v) is 6.06. The summed E-state index contributed by atoms with van der Waals surface area (Å²) in [6, 6.07) is 19.4. The summed E-state index contributed by atoms with van der Waals surface area (Å²) in [5.74, 6) is 3.92. The van der Waals surface area contributed by atoms with Gasteiger partial charge in [0.2, 0.25) is 5.91 Å². The molecular formula is C24H28N4O2S. The number of H-pyrrole nitrogens is 1. The van der Waals surface area contributed by atoms with Crippen molar-refractivity contribution in [3.8, 4) is 0 Å². The number of aromatic nitrogens is 2. The molecule has 1 aliphatic rings. The highest BCUT2D eigenvalue weighted by atomic mass is 32.2. The molecule has 6 nitrogen and oxygen atoms in total. The van der Waals surface area contributed by atoms with Crippen LogP contribution in [0.5, 0.6) is 0 Å². The molecule has 0 saturated carbocycles. The van der Waals surface area contributed by atoms with E-state index >= 15 is 0 Å². The van der Waals surface area contributed by atoms with Gasteiger partial charge in [-0.15, -0.1) is 0 Å². The molecule has 1 aromatic heterocycles. The Morgan fingerprint density at radius 2 is 1.84 bits per heavy atom. The van der Waals surface area contributed by atoms with Crippen LogP contribution in [-0.4, -0.2) is 43.6 Å². The van der Waals surface area contributed by atoms with Gasteiger partial charge in [-0.25, -0.2) is 8.51 Å². The lowest BCUT2D eigenvalue weighted by Crippen LogP contribution is -2.47. The zero-order chi connectivity index (χ0) is 21.7. The van der Waals surface area contributed by atoms with E-state index in [0.29, 0.717) is 18.0 Å². The molecule has 2 heterocycles. The molecule has 0 aliphatic carbocycles. The maximum atomic E-state index is 13.9. The van der Waals surface area contributed by atoms with Gasteiger partial charge in [0.1, 0.15) is 0 Å². The first-order chi connectivity index (χ1) is 15.1. The molecule has 4 rings (SSSR count). The minimum Gasteiger partial charge on any atom is -0.355 e. The first kappa shape index (κ1) is 21.3. The van der Waals surface area contributed by atoms with Crippen LogP contribution in [0.2, 0.25) is 0 Å². The van der Waals surface area contributed by atoms with Crippen molar-refractivity contribution >= 4 is 21.5 Å². The third-order valence-electron chi connectivity index (χ3n) is 5.85. The Labute approximate surface area is 183 Å². The average molecular weight is 437 g/mol. The van der Waals surface area contributed by atoms with Gasteiger partial charge in [-0.05, 0) is 48.4 Å². The van der Waals surface area contributed by atoms with E-state index in [1.54, 1.807) is 6.20 Å². The smallest absolute Gasteiger partial charge is 0.224 e. The van der Waals surface area contributed by atoms with Crippen LogP contribution in [0.3, 0.4) is 0 Å². The molecule has 0 bridgehead atoms. The molecular weight excluding hydrogens is 408 g/mol. The summed E-state index contributed by atoms with van der Waals surface area (Å²) in [5, 5.41) is 9.75. The molecule has 1 amide bonds. The lowest BCUT2D eigenvalue weighted by atomic mass is 9.90. The van der Waals surface area contributed by atoms with Crippen LogP contribution in [0.4, 0.5) is 0 Å².